The number of carbonyl (C=O) groups is 1. The van der Waals surface area contributed by atoms with E-state index in [0.29, 0.717) is 18.8 Å². The van der Waals surface area contributed by atoms with Gasteiger partial charge in [0.2, 0.25) is 5.91 Å². The molecule has 1 aliphatic rings. The Balaban J connectivity index is 2.19. The molecule has 0 bridgehead atoms. The molecule has 5 nitrogen and oxygen atoms in total. The third-order valence-electron chi connectivity index (χ3n) is 3.25. The van der Waals surface area contributed by atoms with Crippen molar-refractivity contribution >= 4 is 5.91 Å². The van der Waals surface area contributed by atoms with Crippen LogP contribution in [0, 0.1) is 13.8 Å². The Morgan fingerprint density at radius 1 is 1.45 bits per heavy atom. The molecule has 0 saturated carbocycles. The van der Waals surface area contributed by atoms with Crippen LogP contribution in [0.2, 0.25) is 0 Å². The van der Waals surface area contributed by atoms with Gasteiger partial charge in [-0.1, -0.05) is 0 Å². The SMILES string of the molecule is Cc1c(C(F)(F)F)nn(CC(=O)N2C=CNCC2)c1C. The van der Waals surface area contributed by atoms with Gasteiger partial charge in [-0.15, -0.1) is 0 Å². The maximum Gasteiger partial charge on any atom is 0.435 e. The number of alkyl halides is 3. The van der Waals surface area contributed by atoms with Gasteiger partial charge in [-0.25, -0.2) is 0 Å². The van der Waals surface area contributed by atoms with Crippen molar-refractivity contribution in [3.05, 3.63) is 29.4 Å². The monoisotopic (exact) mass is 288 g/mol. The average molecular weight is 288 g/mol. The molecule has 0 spiro atoms. The first-order chi connectivity index (χ1) is 9.30. The molecular weight excluding hydrogens is 273 g/mol. The standard InChI is InChI=1S/C12H15F3N4O/c1-8-9(2)19(17-11(8)12(13,14)15)7-10(20)18-5-3-16-4-6-18/h3,5,16H,4,6-7H2,1-2H3. The van der Waals surface area contributed by atoms with E-state index in [1.807, 2.05) is 0 Å². The second kappa shape index (κ2) is 5.18. The van der Waals surface area contributed by atoms with Gasteiger partial charge in [0, 0.05) is 36.7 Å². The zero-order valence-corrected chi connectivity index (χ0v) is 11.2. The summed E-state index contributed by atoms with van der Waals surface area (Å²) in [7, 11) is 0. The van der Waals surface area contributed by atoms with E-state index in [1.54, 1.807) is 12.4 Å². The van der Waals surface area contributed by atoms with Crippen LogP contribution in [-0.2, 0) is 17.5 Å². The molecule has 0 aromatic carbocycles. The molecule has 0 unspecified atom stereocenters. The van der Waals surface area contributed by atoms with Gasteiger partial charge in [-0.05, 0) is 13.8 Å². The number of nitrogens with one attached hydrogen (secondary N) is 1. The summed E-state index contributed by atoms with van der Waals surface area (Å²) in [6.45, 7) is 3.79. The number of carbonyl (C=O) groups excluding carboxylic acids is 1. The Hall–Kier alpha value is -1.99. The third kappa shape index (κ3) is 2.78. The summed E-state index contributed by atoms with van der Waals surface area (Å²) in [5, 5.41) is 6.45. The molecule has 0 aliphatic carbocycles. The van der Waals surface area contributed by atoms with Gasteiger partial charge >= 0.3 is 6.18 Å². The second-order valence-corrected chi connectivity index (χ2v) is 4.57. The quantitative estimate of drug-likeness (QED) is 0.895. The molecule has 1 aromatic heterocycles. The van der Waals surface area contributed by atoms with Gasteiger partial charge in [0.05, 0.1) is 0 Å². The van der Waals surface area contributed by atoms with Crippen LogP contribution in [-0.4, -0.2) is 33.7 Å². The summed E-state index contributed by atoms with van der Waals surface area (Å²) in [6.07, 6.45) is -1.30. The van der Waals surface area contributed by atoms with Crippen molar-refractivity contribution in [3.8, 4) is 0 Å². The fraction of sp³-hybridized carbons (Fsp3) is 0.500. The van der Waals surface area contributed by atoms with E-state index in [4.69, 9.17) is 0 Å². The highest BCUT2D eigenvalue weighted by Gasteiger charge is 2.37. The van der Waals surface area contributed by atoms with Crippen LogP contribution in [0.4, 0.5) is 13.2 Å². The lowest BCUT2D eigenvalue weighted by atomic mass is 10.2. The number of hydrogen-bond donors (Lipinski definition) is 1. The Kier molecular flexibility index (Phi) is 3.74. The van der Waals surface area contributed by atoms with Crippen molar-refractivity contribution in [2.24, 2.45) is 0 Å². The number of rotatable bonds is 2. The molecule has 2 heterocycles. The Morgan fingerprint density at radius 3 is 2.65 bits per heavy atom. The van der Waals surface area contributed by atoms with Crippen LogP contribution in [0.15, 0.2) is 12.4 Å². The van der Waals surface area contributed by atoms with E-state index in [1.165, 1.54) is 18.7 Å². The van der Waals surface area contributed by atoms with Crippen molar-refractivity contribution in [1.82, 2.24) is 20.0 Å². The molecule has 1 aliphatic heterocycles. The Bertz CT molecular complexity index is 548. The maximum absolute atomic E-state index is 12.7. The van der Waals surface area contributed by atoms with Gasteiger partial charge in [0.25, 0.3) is 0 Å². The van der Waals surface area contributed by atoms with E-state index >= 15 is 0 Å². The topological polar surface area (TPSA) is 50.2 Å². The molecule has 20 heavy (non-hydrogen) atoms. The lowest BCUT2D eigenvalue weighted by Crippen LogP contribution is -2.37. The first-order valence-electron chi connectivity index (χ1n) is 6.11. The highest BCUT2D eigenvalue weighted by molar-refractivity contribution is 5.77. The minimum absolute atomic E-state index is 0.0566. The van der Waals surface area contributed by atoms with Crippen LogP contribution in [0.5, 0.6) is 0 Å². The molecule has 1 amide bonds. The van der Waals surface area contributed by atoms with Gasteiger partial charge in [0.15, 0.2) is 5.69 Å². The number of hydrogen-bond acceptors (Lipinski definition) is 3. The number of nitrogens with zero attached hydrogens (tertiary/aromatic N) is 3. The van der Waals surface area contributed by atoms with E-state index in [9.17, 15) is 18.0 Å². The van der Waals surface area contributed by atoms with E-state index in [-0.39, 0.29) is 18.0 Å². The Labute approximate surface area is 114 Å². The largest absolute Gasteiger partial charge is 0.435 e. The first-order valence-corrected chi connectivity index (χ1v) is 6.11. The van der Waals surface area contributed by atoms with Crippen molar-refractivity contribution in [2.75, 3.05) is 13.1 Å². The summed E-state index contributed by atoms with van der Waals surface area (Å²) in [6, 6.07) is 0. The smallest absolute Gasteiger partial charge is 0.388 e. The van der Waals surface area contributed by atoms with Crippen LogP contribution in [0.3, 0.4) is 0 Å². The normalized spacial score (nSPS) is 15.3. The van der Waals surface area contributed by atoms with Gasteiger partial charge in [-0.2, -0.15) is 18.3 Å². The predicted molar refractivity (Wildman–Crippen MR) is 65.6 cm³/mol. The lowest BCUT2D eigenvalue weighted by molar-refractivity contribution is -0.142. The summed E-state index contributed by atoms with van der Waals surface area (Å²) in [5.41, 5.74) is -0.524. The fourth-order valence-electron chi connectivity index (χ4n) is 1.97. The fourth-order valence-corrected chi connectivity index (χ4v) is 1.97. The average Bonchev–Trinajstić information content (AvgIpc) is 2.68. The summed E-state index contributed by atoms with van der Waals surface area (Å²) < 4.78 is 39.3. The lowest BCUT2D eigenvalue weighted by Gasteiger charge is -2.22. The minimum atomic E-state index is -4.50. The molecule has 110 valence electrons. The van der Waals surface area contributed by atoms with Crippen LogP contribution < -0.4 is 5.32 Å². The highest BCUT2D eigenvalue weighted by Crippen LogP contribution is 2.31. The summed E-state index contributed by atoms with van der Waals surface area (Å²) in [4.78, 5) is 13.5. The molecule has 0 fully saturated rings. The molecule has 1 aromatic rings. The minimum Gasteiger partial charge on any atom is -0.388 e. The molecular formula is C12H15F3N4O. The molecule has 0 radical (unpaired) electrons. The van der Waals surface area contributed by atoms with Crippen molar-refractivity contribution in [3.63, 3.8) is 0 Å². The molecule has 8 heteroatoms. The van der Waals surface area contributed by atoms with Gasteiger partial charge in [0.1, 0.15) is 6.54 Å². The van der Waals surface area contributed by atoms with Crippen molar-refractivity contribution < 1.29 is 18.0 Å². The van der Waals surface area contributed by atoms with E-state index < -0.39 is 11.9 Å². The van der Waals surface area contributed by atoms with Crippen molar-refractivity contribution in [1.29, 1.82) is 0 Å². The molecule has 1 N–H and O–H groups in total. The predicted octanol–water partition coefficient (Wildman–Crippen LogP) is 1.42. The van der Waals surface area contributed by atoms with E-state index in [0.717, 1.165) is 4.68 Å². The van der Waals surface area contributed by atoms with E-state index in [2.05, 4.69) is 10.4 Å². The van der Waals surface area contributed by atoms with Gasteiger partial charge in [-0.3, -0.25) is 9.48 Å². The van der Waals surface area contributed by atoms with Crippen LogP contribution in [0.25, 0.3) is 0 Å². The number of halogens is 3. The molecule has 2 rings (SSSR count). The third-order valence-corrected chi connectivity index (χ3v) is 3.25. The molecule has 0 saturated heterocycles. The summed E-state index contributed by atoms with van der Waals surface area (Å²) in [5.74, 6) is -0.290. The Morgan fingerprint density at radius 2 is 2.15 bits per heavy atom. The number of amides is 1. The van der Waals surface area contributed by atoms with Gasteiger partial charge < -0.3 is 10.2 Å². The maximum atomic E-state index is 12.7. The van der Waals surface area contributed by atoms with Crippen LogP contribution in [0.1, 0.15) is 17.0 Å². The molecule has 0 atom stereocenters. The highest BCUT2D eigenvalue weighted by atomic mass is 19.4. The number of aromatic nitrogens is 2. The zero-order valence-electron chi connectivity index (χ0n) is 11.2. The van der Waals surface area contributed by atoms with Crippen LogP contribution >= 0.6 is 0 Å². The first kappa shape index (κ1) is 14.4. The zero-order chi connectivity index (χ0) is 14.9. The summed E-state index contributed by atoms with van der Waals surface area (Å²) >= 11 is 0. The second-order valence-electron chi connectivity index (χ2n) is 4.57. The van der Waals surface area contributed by atoms with Crippen molar-refractivity contribution in [2.45, 2.75) is 26.6 Å².